The third-order valence-electron chi connectivity index (χ3n) is 3.96. The zero-order chi connectivity index (χ0) is 13.9. The molecule has 3 rings (SSSR count). The first-order valence-electron chi connectivity index (χ1n) is 7.02. The minimum atomic E-state index is 0.0208. The van der Waals surface area contributed by atoms with Crippen LogP contribution in [0.25, 0.3) is 10.8 Å². The summed E-state index contributed by atoms with van der Waals surface area (Å²) in [6.45, 7) is 1.55. The predicted molar refractivity (Wildman–Crippen MR) is 77.5 cm³/mol. The molecule has 20 heavy (non-hydrogen) atoms. The molecule has 1 amide bonds. The summed E-state index contributed by atoms with van der Waals surface area (Å²) in [4.78, 5) is 18.7. The summed E-state index contributed by atoms with van der Waals surface area (Å²) in [5.74, 6) is 0.225. The van der Waals surface area contributed by atoms with E-state index in [1.165, 1.54) is 0 Å². The molecule has 104 valence electrons. The van der Waals surface area contributed by atoms with Crippen LogP contribution in [0.1, 0.15) is 23.2 Å². The van der Waals surface area contributed by atoms with E-state index in [1.54, 1.807) is 12.4 Å². The number of nitrogens with zero attached hydrogens (tertiary/aromatic N) is 2. The highest BCUT2D eigenvalue weighted by Gasteiger charge is 2.25. The van der Waals surface area contributed by atoms with E-state index in [2.05, 4.69) is 4.98 Å². The molecule has 1 aliphatic rings. The molecule has 1 fully saturated rings. The SMILES string of the molecule is O=C(c1cncc2ccccc12)N1CCCC(CO)C1. The summed E-state index contributed by atoms with van der Waals surface area (Å²) < 4.78 is 0. The van der Waals surface area contributed by atoms with Gasteiger partial charge >= 0.3 is 0 Å². The van der Waals surface area contributed by atoms with E-state index in [1.807, 2.05) is 29.2 Å². The van der Waals surface area contributed by atoms with Crippen LogP contribution in [0, 0.1) is 5.92 Å². The number of aromatic nitrogens is 1. The van der Waals surface area contributed by atoms with Crippen molar-refractivity contribution in [1.82, 2.24) is 9.88 Å². The number of carbonyl (C=O) groups excluding carboxylic acids is 1. The molecule has 1 atom stereocenters. The third kappa shape index (κ3) is 2.39. The summed E-state index contributed by atoms with van der Waals surface area (Å²) in [6.07, 6.45) is 5.37. The molecule has 4 heteroatoms. The molecule has 4 nitrogen and oxygen atoms in total. The van der Waals surface area contributed by atoms with Gasteiger partial charge in [0.25, 0.3) is 5.91 Å². The molecule has 0 aliphatic carbocycles. The molecular weight excluding hydrogens is 252 g/mol. The van der Waals surface area contributed by atoms with Gasteiger partial charge in [0.15, 0.2) is 0 Å². The number of amides is 1. The number of carbonyl (C=O) groups is 1. The van der Waals surface area contributed by atoms with Gasteiger partial charge in [-0.3, -0.25) is 9.78 Å². The number of benzene rings is 1. The van der Waals surface area contributed by atoms with Gasteiger partial charge in [-0.1, -0.05) is 24.3 Å². The van der Waals surface area contributed by atoms with Crippen LogP contribution in [0.15, 0.2) is 36.7 Å². The van der Waals surface area contributed by atoms with E-state index < -0.39 is 0 Å². The maximum Gasteiger partial charge on any atom is 0.256 e. The van der Waals surface area contributed by atoms with Crippen molar-refractivity contribution in [2.24, 2.45) is 5.92 Å². The number of aliphatic hydroxyl groups excluding tert-OH is 1. The molecule has 0 spiro atoms. The summed E-state index contributed by atoms with van der Waals surface area (Å²) in [7, 11) is 0. The Balaban J connectivity index is 1.92. The Morgan fingerprint density at radius 3 is 3.05 bits per heavy atom. The number of pyridine rings is 1. The van der Waals surface area contributed by atoms with Crippen molar-refractivity contribution >= 4 is 16.7 Å². The van der Waals surface area contributed by atoms with Crippen molar-refractivity contribution < 1.29 is 9.90 Å². The fourth-order valence-electron chi connectivity index (χ4n) is 2.86. The highest BCUT2D eigenvalue weighted by Crippen LogP contribution is 2.22. The van der Waals surface area contributed by atoms with Crippen LogP contribution < -0.4 is 0 Å². The Bertz CT molecular complexity index is 621. The Kier molecular flexibility index (Phi) is 3.65. The molecule has 1 saturated heterocycles. The predicted octanol–water partition coefficient (Wildman–Crippen LogP) is 2.08. The molecule has 0 saturated carbocycles. The second kappa shape index (κ2) is 5.59. The van der Waals surface area contributed by atoms with Crippen molar-refractivity contribution in [1.29, 1.82) is 0 Å². The van der Waals surface area contributed by atoms with Gasteiger partial charge < -0.3 is 10.0 Å². The lowest BCUT2D eigenvalue weighted by Crippen LogP contribution is -2.41. The minimum Gasteiger partial charge on any atom is -0.396 e. The molecule has 2 heterocycles. The van der Waals surface area contributed by atoms with E-state index in [9.17, 15) is 9.90 Å². The van der Waals surface area contributed by atoms with Gasteiger partial charge in [0.1, 0.15) is 0 Å². The number of rotatable bonds is 2. The third-order valence-corrected chi connectivity index (χ3v) is 3.96. The van der Waals surface area contributed by atoms with Gasteiger partial charge in [-0.05, 0) is 24.1 Å². The van der Waals surface area contributed by atoms with Crippen LogP contribution in [0.2, 0.25) is 0 Å². The van der Waals surface area contributed by atoms with E-state index in [4.69, 9.17) is 0 Å². The highest BCUT2D eigenvalue weighted by atomic mass is 16.3. The van der Waals surface area contributed by atoms with Crippen LogP contribution in [-0.2, 0) is 0 Å². The normalized spacial score (nSPS) is 19.2. The van der Waals surface area contributed by atoms with Crippen molar-refractivity contribution in [3.63, 3.8) is 0 Å². The van der Waals surface area contributed by atoms with Gasteiger partial charge in [0.05, 0.1) is 5.56 Å². The van der Waals surface area contributed by atoms with Crippen molar-refractivity contribution in [3.8, 4) is 0 Å². The lowest BCUT2D eigenvalue weighted by atomic mass is 9.98. The molecule has 2 aromatic rings. The second-order valence-corrected chi connectivity index (χ2v) is 5.35. The average Bonchev–Trinajstić information content (AvgIpc) is 2.53. The Morgan fingerprint density at radius 1 is 1.35 bits per heavy atom. The van der Waals surface area contributed by atoms with E-state index in [0.29, 0.717) is 12.1 Å². The lowest BCUT2D eigenvalue weighted by Gasteiger charge is -2.32. The zero-order valence-electron chi connectivity index (χ0n) is 11.3. The van der Waals surface area contributed by atoms with Gasteiger partial charge in [-0.15, -0.1) is 0 Å². The maximum absolute atomic E-state index is 12.7. The molecule has 1 unspecified atom stereocenters. The molecule has 1 N–H and O–H groups in total. The molecule has 1 aromatic heterocycles. The molecule has 1 aliphatic heterocycles. The van der Waals surface area contributed by atoms with Crippen molar-refractivity contribution in [2.75, 3.05) is 19.7 Å². The highest BCUT2D eigenvalue weighted by molar-refractivity contribution is 6.06. The van der Waals surface area contributed by atoms with Crippen LogP contribution in [0.4, 0.5) is 0 Å². The van der Waals surface area contributed by atoms with E-state index in [-0.39, 0.29) is 18.4 Å². The first-order chi connectivity index (χ1) is 9.79. The van der Waals surface area contributed by atoms with E-state index >= 15 is 0 Å². The number of piperidine rings is 1. The molecular formula is C16H18N2O2. The lowest BCUT2D eigenvalue weighted by molar-refractivity contribution is 0.0622. The van der Waals surface area contributed by atoms with Crippen LogP contribution in [0.3, 0.4) is 0 Å². The smallest absolute Gasteiger partial charge is 0.256 e. The summed E-state index contributed by atoms with van der Waals surface area (Å²) >= 11 is 0. The minimum absolute atomic E-state index is 0.0208. The van der Waals surface area contributed by atoms with Gasteiger partial charge in [-0.25, -0.2) is 0 Å². The molecule has 0 radical (unpaired) electrons. The number of aliphatic hydroxyl groups is 1. The fourth-order valence-corrected chi connectivity index (χ4v) is 2.86. The fraction of sp³-hybridized carbons (Fsp3) is 0.375. The largest absolute Gasteiger partial charge is 0.396 e. The summed E-state index contributed by atoms with van der Waals surface area (Å²) in [5, 5.41) is 11.2. The zero-order valence-corrected chi connectivity index (χ0v) is 11.3. The number of fused-ring (bicyclic) bond motifs is 1. The summed E-state index contributed by atoms with van der Waals surface area (Å²) in [5.41, 5.74) is 0.654. The second-order valence-electron chi connectivity index (χ2n) is 5.35. The molecule has 0 bridgehead atoms. The first-order valence-corrected chi connectivity index (χ1v) is 7.02. The monoisotopic (exact) mass is 270 g/mol. The Morgan fingerprint density at radius 2 is 2.20 bits per heavy atom. The van der Waals surface area contributed by atoms with Crippen molar-refractivity contribution in [3.05, 3.63) is 42.2 Å². The number of hydrogen-bond acceptors (Lipinski definition) is 3. The first kappa shape index (κ1) is 13.1. The summed E-state index contributed by atoms with van der Waals surface area (Å²) in [6, 6.07) is 7.80. The average molecular weight is 270 g/mol. The quantitative estimate of drug-likeness (QED) is 0.909. The van der Waals surface area contributed by atoms with Crippen molar-refractivity contribution in [2.45, 2.75) is 12.8 Å². The van der Waals surface area contributed by atoms with Gasteiger partial charge in [-0.2, -0.15) is 0 Å². The van der Waals surface area contributed by atoms with E-state index in [0.717, 1.165) is 30.2 Å². The Hall–Kier alpha value is -1.94. The maximum atomic E-state index is 12.7. The number of hydrogen-bond donors (Lipinski definition) is 1. The van der Waals surface area contributed by atoms with Crippen LogP contribution in [-0.4, -0.2) is 40.6 Å². The topological polar surface area (TPSA) is 53.4 Å². The number of likely N-dealkylation sites (tertiary alicyclic amines) is 1. The standard InChI is InChI=1S/C16H18N2O2/c19-11-12-4-3-7-18(10-12)16(20)15-9-17-8-13-5-1-2-6-14(13)15/h1-2,5-6,8-9,12,19H,3-4,7,10-11H2. The molecule has 1 aromatic carbocycles. The van der Waals surface area contributed by atoms with Crippen LogP contribution >= 0.6 is 0 Å². The van der Waals surface area contributed by atoms with Crippen LogP contribution in [0.5, 0.6) is 0 Å². The van der Waals surface area contributed by atoms with Gasteiger partial charge in [0.2, 0.25) is 0 Å². The Labute approximate surface area is 118 Å². The van der Waals surface area contributed by atoms with Gasteiger partial charge in [0, 0.05) is 37.5 Å².